The molecule has 0 saturated carbocycles. The summed E-state index contributed by atoms with van der Waals surface area (Å²) in [5.41, 5.74) is 2.06. The molecule has 0 bridgehead atoms. The molecule has 7 nitrogen and oxygen atoms in total. The molecular weight excluding hydrogens is 318 g/mol. The van der Waals surface area contributed by atoms with E-state index in [0.717, 1.165) is 16.9 Å². The fourth-order valence-electron chi connectivity index (χ4n) is 2.56. The number of carbonyl (C=O) groups is 1. The SMILES string of the molecule is CCOc1cccc(CNC(=O)NC[C@@H](c2cnn(C)c2)N(C)C)c1. The van der Waals surface area contributed by atoms with Crippen molar-refractivity contribution in [2.24, 2.45) is 7.05 Å². The summed E-state index contributed by atoms with van der Waals surface area (Å²) in [6.45, 7) is 3.52. The van der Waals surface area contributed by atoms with Gasteiger partial charge in [0.2, 0.25) is 0 Å². The Morgan fingerprint density at radius 2 is 2.16 bits per heavy atom. The van der Waals surface area contributed by atoms with E-state index in [0.29, 0.717) is 19.7 Å². The van der Waals surface area contributed by atoms with Crippen LogP contribution in [0.15, 0.2) is 36.7 Å². The lowest BCUT2D eigenvalue weighted by molar-refractivity contribution is 0.232. The Morgan fingerprint density at radius 3 is 2.80 bits per heavy atom. The molecule has 0 unspecified atom stereocenters. The van der Waals surface area contributed by atoms with Gasteiger partial charge in [-0.3, -0.25) is 4.68 Å². The third kappa shape index (κ3) is 5.79. The molecule has 0 spiro atoms. The Hall–Kier alpha value is -2.54. The van der Waals surface area contributed by atoms with E-state index in [1.165, 1.54) is 0 Å². The minimum atomic E-state index is -0.197. The van der Waals surface area contributed by atoms with Crippen LogP contribution in [0.25, 0.3) is 0 Å². The first-order chi connectivity index (χ1) is 12.0. The standard InChI is InChI=1S/C18H27N5O2/c1-5-25-16-8-6-7-14(9-16)10-19-18(24)20-12-17(22(2)3)15-11-21-23(4)13-15/h6-9,11,13,17H,5,10,12H2,1-4H3,(H2,19,20,24)/t17-/m0/s1. The largest absolute Gasteiger partial charge is 0.494 e. The maximum absolute atomic E-state index is 12.1. The topological polar surface area (TPSA) is 71.4 Å². The molecule has 7 heteroatoms. The van der Waals surface area contributed by atoms with Crippen molar-refractivity contribution < 1.29 is 9.53 Å². The van der Waals surface area contributed by atoms with Crippen LogP contribution in [-0.4, -0.2) is 48.0 Å². The number of rotatable bonds is 8. The summed E-state index contributed by atoms with van der Waals surface area (Å²) in [6, 6.07) is 7.59. The van der Waals surface area contributed by atoms with Crippen molar-refractivity contribution in [1.82, 2.24) is 25.3 Å². The highest BCUT2D eigenvalue weighted by Gasteiger charge is 2.16. The van der Waals surface area contributed by atoms with Crippen LogP contribution in [0.4, 0.5) is 4.79 Å². The van der Waals surface area contributed by atoms with Crippen LogP contribution in [0.5, 0.6) is 5.75 Å². The van der Waals surface area contributed by atoms with Gasteiger partial charge in [0.1, 0.15) is 5.75 Å². The Kier molecular flexibility index (Phi) is 6.82. The molecule has 136 valence electrons. The van der Waals surface area contributed by atoms with Crippen molar-refractivity contribution >= 4 is 6.03 Å². The third-order valence-corrected chi connectivity index (χ3v) is 3.85. The molecule has 25 heavy (non-hydrogen) atoms. The molecular formula is C18H27N5O2. The number of nitrogens with zero attached hydrogens (tertiary/aromatic N) is 3. The number of benzene rings is 1. The number of likely N-dealkylation sites (N-methyl/N-ethyl adjacent to an activating group) is 1. The minimum Gasteiger partial charge on any atom is -0.494 e. The maximum atomic E-state index is 12.1. The fraction of sp³-hybridized carbons (Fsp3) is 0.444. The number of hydrogen-bond donors (Lipinski definition) is 2. The van der Waals surface area contributed by atoms with Crippen molar-refractivity contribution in [2.45, 2.75) is 19.5 Å². The predicted molar refractivity (Wildman–Crippen MR) is 97.5 cm³/mol. The van der Waals surface area contributed by atoms with E-state index in [2.05, 4.69) is 20.6 Å². The summed E-state index contributed by atoms with van der Waals surface area (Å²) in [5.74, 6) is 0.812. The number of aryl methyl sites for hydroxylation is 1. The average molecular weight is 345 g/mol. The molecule has 0 radical (unpaired) electrons. The number of nitrogens with one attached hydrogen (secondary N) is 2. The minimum absolute atomic E-state index is 0.0701. The number of ether oxygens (including phenoxy) is 1. The van der Waals surface area contributed by atoms with E-state index in [1.807, 2.05) is 64.7 Å². The van der Waals surface area contributed by atoms with E-state index >= 15 is 0 Å². The monoisotopic (exact) mass is 345 g/mol. The Balaban J connectivity index is 1.84. The molecule has 2 amide bonds. The van der Waals surface area contributed by atoms with Gasteiger partial charge in [-0.25, -0.2) is 4.79 Å². The molecule has 1 aromatic heterocycles. The molecule has 1 aromatic carbocycles. The molecule has 0 aliphatic heterocycles. The fourth-order valence-corrected chi connectivity index (χ4v) is 2.56. The van der Waals surface area contributed by atoms with E-state index in [9.17, 15) is 4.79 Å². The Morgan fingerprint density at radius 1 is 1.36 bits per heavy atom. The lowest BCUT2D eigenvalue weighted by atomic mass is 10.1. The Bertz CT molecular complexity index is 684. The maximum Gasteiger partial charge on any atom is 0.315 e. The molecule has 1 atom stereocenters. The van der Waals surface area contributed by atoms with Gasteiger partial charge in [0.25, 0.3) is 0 Å². The van der Waals surface area contributed by atoms with Gasteiger partial charge in [0.05, 0.1) is 18.8 Å². The average Bonchev–Trinajstić information content (AvgIpc) is 2.99. The highest BCUT2D eigenvalue weighted by Crippen LogP contribution is 2.16. The summed E-state index contributed by atoms with van der Waals surface area (Å²) in [7, 11) is 5.85. The predicted octanol–water partition coefficient (Wildman–Crippen LogP) is 1.92. The van der Waals surface area contributed by atoms with Crippen molar-refractivity contribution in [1.29, 1.82) is 0 Å². The van der Waals surface area contributed by atoms with Gasteiger partial charge in [0.15, 0.2) is 0 Å². The van der Waals surface area contributed by atoms with Crippen molar-refractivity contribution in [3.05, 3.63) is 47.8 Å². The van der Waals surface area contributed by atoms with Gasteiger partial charge in [-0.15, -0.1) is 0 Å². The van der Waals surface area contributed by atoms with Crippen LogP contribution in [0.2, 0.25) is 0 Å². The van der Waals surface area contributed by atoms with Gasteiger partial charge >= 0.3 is 6.03 Å². The molecule has 0 aliphatic carbocycles. The van der Waals surface area contributed by atoms with Crippen LogP contribution in [0.3, 0.4) is 0 Å². The molecule has 0 fully saturated rings. The first kappa shape index (κ1) is 18.8. The number of urea groups is 1. The van der Waals surface area contributed by atoms with Crippen LogP contribution in [0.1, 0.15) is 24.1 Å². The van der Waals surface area contributed by atoms with Gasteiger partial charge in [0, 0.05) is 31.9 Å². The van der Waals surface area contributed by atoms with Gasteiger partial charge < -0.3 is 20.3 Å². The summed E-state index contributed by atoms with van der Waals surface area (Å²) in [4.78, 5) is 14.2. The second-order valence-electron chi connectivity index (χ2n) is 6.07. The lowest BCUT2D eigenvalue weighted by Gasteiger charge is -2.23. The second kappa shape index (κ2) is 9.08. The quantitative estimate of drug-likeness (QED) is 0.767. The summed E-state index contributed by atoms with van der Waals surface area (Å²) in [6.07, 6.45) is 3.78. The number of amides is 2. The molecule has 2 N–H and O–H groups in total. The van der Waals surface area contributed by atoms with E-state index < -0.39 is 0 Å². The molecule has 0 saturated heterocycles. The normalized spacial score (nSPS) is 12.0. The second-order valence-corrected chi connectivity index (χ2v) is 6.07. The number of hydrogen-bond acceptors (Lipinski definition) is 4. The van der Waals surface area contributed by atoms with Crippen LogP contribution in [-0.2, 0) is 13.6 Å². The van der Waals surface area contributed by atoms with E-state index in [4.69, 9.17) is 4.74 Å². The van der Waals surface area contributed by atoms with Gasteiger partial charge in [-0.1, -0.05) is 12.1 Å². The highest BCUT2D eigenvalue weighted by molar-refractivity contribution is 5.73. The summed E-state index contributed by atoms with van der Waals surface area (Å²) >= 11 is 0. The zero-order valence-corrected chi connectivity index (χ0v) is 15.3. The molecule has 2 rings (SSSR count). The third-order valence-electron chi connectivity index (χ3n) is 3.85. The van der Waals surface area contributed by atoms with E-state index in [-0.39, 0.29) is 12.1 Å². The van der Waals surface area contributed by atoms with Crippen molar-refractivity contribution in [3.8, 4) is 5.75 Å². The Labute approximate surface area is 149 Å². The van der Waals surface area contributed by atoms with Gasteiger partial charge in [-0.2, -0.15) is 5.10 Å². The lowest BCUT2D eigenvalue weighted by Crippen LogP contribution is -2.40. The zero-order valence-electron chi connectivity index (χ0n) is 15.3. The van der Waals surface area contributed by atoms with Crippen LogP contribution < -0.4 is 15.4 Å². The molecule has 1 heterocycles. The summed E-state index contributed by atoms with van der Waals surface area (Å²) < 4.78 is 7.23. The number of aromatic nitrogens is 2. The summed E-state index contributed by atoms with van der Waals surface area (Å²) in [5, 5.41) is 9.99. The first-order valence-electron chi connectivity index (χ1n) is 8.38. The smallest absolute Gasteiger partial charge is 0.315 e. The first-order valence-corrected chi connectivity index (χ1v) is 8.38. The number of carbonyl (C=O) groups excluding carboxylic acids is 1. The molecule has 2 aromatic rings. The zero-order chi connectivity index (χ0) is 18.2. The van der Waals surface area contributed by atoms with Crippen LogP contribution in [0, 0.1) is 0 Å². The van der Waals surface area contributed by atoms with Crippen molar-refractivity contribution in [3.63, 3.8) is 0 Å². The van der Waals surface area contributed by atoms with Gasteiger partial charge in [-0.05, 0) is 38.7 Å². The molecule has 0 aliphatic rings. The highest BCUT2D eigenvalue weighted by atomic mass is 16.5. The van der Waals surface area contributed by atoms with Crippen molar-refractivity contribution in [2.75, 3.05) is 27.2 Å². The van der Waals surface area contributed by atoms with E-state index in [1.54, 1.807) is 4.68 Å². The van der Waals surface area contributed by atoms with Crippen LogP contribution >= 0.6 is 0 Å².